The van der Waals surface area contributed by atoms with Crippen LogP contribution in [0.3, 0.4) is 0 Å². The summed E-state index contributed by atoms with van der Waals surface area (Å²) in [5.41, 5.74) is 0. The van der Waals surface area contributed by atoms with Gasteiger partial charge in [0.25, 0.3) is 0 Å². The lowest BCUT2D eigenvalue weighted by atomic mass is 10.2. The van der Waals surface area contributed by atoms with Gasteiger partial charge in [0.05, 0.1) is 0 Å². The maximum atomic E-state index is 3.50. The Morgan fingerprint density at radius 3 is 2.15 bits per heavy atom. The van der Waals surface area contributed by atoms with Gasteiger partial charge >= 0.3 is 0 Å². The molecule has 1 unspecified atom stereocenters. The first-order chi connectivity index (χ1) is 6.27. The molecule has 13 heavy (non-hydrogen) atoms. The van der Waals surface area contributed by atoms with Gasteiger partial charge in [0.15, 0.2) is 0 Å². The van der Waals surface area contributed by atoms with Crippen molar-refractivity contribution in [2.75, 3.05) is 13.1 Å². The third kappa shape index (κ3) is 12.4. The lowest BCUT2D eigenvalue weighted by molar-refractivity contribution is 0.668. The third-order valence-electron chi connectivity index (χ3n) is 2.16. The number of alkyl halides is 1. The first kappa shape index (κ1) is 13.4. The van der Waals surface area contributed by atoms with Gasteiger partial charge in [-0.25, -0.2) is 0 Å². The molecule has 1 rings (SSSR count). The topological polar surface area (TPSA) is 12.0 Å². The van der Waals surface area contributed by atoms with E-state index < -0.39 is 0 Å². The molecular weight excluding hydrogens is 226 g/mol. The SMILES string of the molecule is C1CCNC1.CCCCCC(C)Br. The van der Waals surface area contributed by atoms with E-state index in [4.69, 9.17) is 0 Å². The van der Waals surface area contributed by atoms with Crippen LogP contribution in [0.25, 0.3) is 0 Å². The molecule has 1 fully saturated rings. The molecule has 1 N–H and O–H groups in total. The van der Waals surface area contributed by atoms with Crippen molar-refractivity contribution in [3.8, 4) is 0 Å². The Hall–Kier alpha value is 0.440. The standard InChI is InChI=1S/C7H15Br.C4H9N/c1-3-4-5-6-7(2)8;1-2-4-5-3-1/h7H,3-6H2,1-2H3;5H,1-4H2. The fraction of sp³-hybridized carbons (Fsp3) is 1.00. The summed E-state index contributed by atoms with van der Waals surface area (Å²) in [4.78, 5) is 0.717. The van der Waals surface area contributed by atoms with E-state index in [1.807, 2.05) is 0 Å². The average Bonchev–Trinajstić information content (AvgIpc) is 2.61. The van der Waals surface area contributed by atoms with E-state index in [9.17, 15) is 0 Å². The largest absolute Gasteiger partial charge is 0.317 e. The van der Waals surface area contributed by atoms with Crippen molar-refractivity contribution in [2.24, 2.45) is 0 Å². The number of hydrogen-bond donors (Lipinski definition) is 1. The van der Waals surface area contributed by atoms with Crippen molar-refractivity contribution in [3.63, 3.8) is 0 Å². The predicted octanol–water partition coefficient (Wildman–Crippen LogP) is 3.72. The van der Waals surface area contributed by atoms with Crippen molar-refractivity contribution in [2.45, 2.75) is 57.2 Å². The average molecular weight is 250 g/mol. The van der Waals surface area contributed by atoms with Gasteiger partial charge in [-0.1, -0.05) is 49.0 Å². The van der Waals surface area contributed by atoms with Crippen molar-refractivity contribution in [1.29, 1.82) is 0 Å². The lowest BCUT2D eigenvalue weighted by Gasteiger charge is -1.98. The van der Waals surface area contributed by atoms with Gasteiger partial charge in [-0.05, 0) is 32.4 Å². The van der Waals surface area contributed by atoms with E-state index >= 15 is 0 Å². The summed E-state index contributed by atoms with van der Waals surface area (Å²) >= 11 is 3.50. The second-order valence-corrected chi connectivity index (χ2v) is 5.30. The first-order valence-electron chi connectivity index (χ1n) is 5.62. The quantitative estimate of drug-likeness (QED) is 0.592. The third-order valence-corrected chi connectivity index (χ3v) is 2.62. The van der Waals surface area contributed by atoms with Crippen LogP contribution in [0.15, 0.2) is 0 Å². The van der Waals surface area contributed by atoms with Crippen LogP contribution in [-0.4, -0.2) is 17.9 Å². The van der Waals surface area contributed by atoms with Crippen LogP contribution in [0, 0.1) is 0 Å². The van der Waals surface area contributed by atoms with Crippen molar-refractivity contribution < 1.29 is 0 Å². The molecule has 0 spiro atoms. The van der Waals surface area contributed by atoms with E-state index in [1.54, 1.807) is 0 Å². The molecule has 1 nitrogen and oxygen atoms in total. The van der Waals surface area contributed by atoms with Gasteiger partial charge in [0.2, 0.25) is 0 Å². The molecule has 1 saturated heterocycles. The van der Waals surface area contributed by atoms with E-state index in [0.717, 1.165) is 0 Å². The van der Waals surface area contributed by atoms with Crippen LogP contribution < -0.4 is 5.32 Å². The molecule has 0 aromatic heterocycles. The van der Waals surface area contributed by atoms with E-state index in [0.29, 0.717) is 4.83 Å². The zero-order valence-corrected chi connectivity index (χ0v) is 10.7. The Labute approximate surface area is 91.8 Å². The van der Waals surface area contributed by atoms with Gasteiger partial charge in [-0.2, -0.15) is 0 Å². The van der Waals surface area contributed by atoms with Crippen molar-refractivity contribution >= 4 is 15.9 Å². The zero-order chi connectivity index (χ0) is 9.94. The Kier molecular flexibility index (Phi) is 10.9. The van der Waals surface area contributed by atoms with Crippen LogP contribution in [0.2, 0.25) is 0 Å². The Morgan fingerprint density at radius 1 is 1.23 bits per heavy atom. The van der Waals surface area contributed by atoms with Gasteiger partial charge in [0, 0.05) is 4.83 Å². The minimum atomic E-state index is 0.717. The minimum absolute atomic E-state index is 0.717. The Balaban J connectivity index is 0.000000243. The van der Waals surface area contributed by atoms with Gasteiger partial charge < -0.3 is 5.32 Å². The maximum absolute atomic E-state index is 3.50. The lowest BCUT2D eigenvalue weighted by Crippen LogP contribution is -2.03. The molecule has 1 aliphatic rings. The van der Waals surface area contributed by atoms with Gasteiger partial charge in [0.1, 0.15) is 0 Å². The molecule has 0 bridgehead atoms. The summed E-state index contributed by atoms with van der Waals surface area (Å²) < 4.78 is 0. The fourth-order valence-corrected chi connectivity index (χ4v) is 1.62. The number of hydrogen-bond acceptors (Lipinski definition) is 1. The minimum Gasteiger partial charge on any atom is -0.317 e. The first-order valence-corrected chi connectivity index (χ1v) is 6.53. The summed E-state index contributed by atoms with van der Waals surface area (Å²) in [6.07, 6.45) is 8.20. The molecule has 0 aromatic rings. The molecule has 1 aliphatic heterocycles. The number of nitrogens with one attached hydrogen (secondary N) is 1. The molecule has 0 amide bonds. The maximum Gasteiger partial charge on any atom is 0.0117 e. The molecular formula is C11H24BrN. The van der Waals surface area contributed by atoms with Gasteiger partial charge in [-0.15, -0.1) is 0 Å². The second kappa shape index (κ2) is 10.5. The summed E-state index contributed by atoms with van der Waals surface area (Å²) in [6, 6.07) is 0. The Morgan fingerprint density at radius 2 is 1.85 bits per heavy atom. The van der Waals surface area contributed by atoms with Crippen LogP contribution in [0.4, 0.5) is 0 Å². The highest BCUT2D eigenvalue weighted by molar-refractivity contribution is 9.09. The molecule has 0 saturated carbocycles. The smallest absolute Gasteiger partial charge is 0.0117 e. The van der Waals surface area contributed by atoms with E-state index in [2.05, 4.69) is 35.1 Å². The molecule has 0 aliphatic carbocycles. The highest BCUT2D eigenvalue weighted by Crippen LogP contribution is 2.08. The highest BCUT2D eigenvalue weighted by atomic mass is 79.9. The van der Waals surface area contributed by atoms with Crippen LogP contribution >= 0.6 is 15.9 Å². The number of unbranched alkanes of at least 4 members (excludes halogenated alkanes) is 2. The fourth-order valence-electron chi connectivity index (χ4n) is 1.30. The molecule has 1 atom stereocenters. The van der Waals surface area contributed by atoms with E-state index in [-0.39, 0.29) is 0 Å². The Bertz CT molecular complexity index is 82.5. The molecule has 0 aromatic carbocycles. The monoisotopic (exact) mass is 249 g/mol. The second-order valence-electron chi connectivity index (χ2n) is 3.73. The molecule has 2 heteroatoms. The normalized spacial score (nSPS) is 17.8. The van der Waals surface area contributed by atoms with Crippen LogP contribution in [-0.2, 0) is 0 Å². The molecule has 80 valence electrons. The number of rotatable bonds is 4. The summed E-state index contributed by atoms with van der Waals surface area (Å²) in [5.74, 6) is 0. The summed E-state index contributed by atoms with van der Waals surface area (Å²) in [5, 5.41) is 3.22. The highest BCUT2D eigenvalue weighted by Gasteiger charge is 1.93. The zero-order valence-electron chi connectivity index (χ0n) is 9.11. The number of halogens is 1. The van der Waals surface area contributed by atoms with Crippen molar-refractivity contribution in [3.05, 3.63) is 0 Å². The summed E-state index contributed by atoms with van der Waals surface area (Å²) in [7, 11) is 0. The predicted molar refractivity (Wildman–Crippen MR) is 64.6 cm³/mol. The molecule has 1 heterocycles. The van der Waals surface area contributed by atoms with Gasteiger partial charge in [-0.3, -0.25) is 0 Å². The van der Waals surface area contributed by atoms with Crippen LogP contribution in [0.5, 0.6) is 0 Å². The van der Waals surface area contributed by atoms with Crippen molar-refractivity contribution in [1.82, 2.24) is 5.32 Å². The molecule has 0 radical (unpaired) electrons. The van der Waals surface area contributed by atoms with E-state index in [1.165, 1.54) is 51.6 Å². The van der Waals surface area contributed by atoms with Crippen LogP contribution in [0.1, 0.15) is 52.4 Å². The summed E-state index contributed by atoms with van der Waals surface area (Å²) in [6.45, 7) is 6.94.